The number of anilines is 1. The molecule has 0 bridgehead atoms. The number of fused-ring (bicyclic) bond motifs is 1. The van der Waals surface area contributed by atoms with Crippen LogP contribution < -0.4 is 9.64 Å². The molecule has 158 valence electrons. The lowest BCUT2D eigenvalue weighted by Gasteiger charge is -2.23. The second kappa shape index (κ2) is 9.14. The Morgan fingerprint density at radius 2 is 2.10 bits per heavy atom. The number of hydrogen-bond acceptors (Lipinski definition) is 5. The van der Waals surface area contributed by atoms with Crippen LogP contribution >= 0.6 is 11.3 Å². The van der Waals surface area contributed by atoms with E-state index in [0.29, 0.717) is 13.0 Å². The fraction of sp³-hybridized carbons (Fsp3) is 0.417. The van der Waals surface area contributed by atoms with Gasteiger partial charge in [0, 0.05) is 6.61 Å². The fourth-order valence-corrected chi connectivity index (χ4v) is 4.95. The van der Waals surface area contributed by atoms with Gasteiger partial charge in [-0.2, -0.15) is 0 Å². The lowest BCUT2D eigenvalue weighted by molar-refractivity contribution is -0.118. The van der Waals surface area contributed by atoms with E-state index in [0.717, 1.165) is 58.1 Å². The molecule has 1 fully saturated rings. The molecular weight excluding hydrogens is 396 g/mol. The molecule has 1 atom stereocenters. The summed E-state index contributed by atoms with van der Waals surface area (Å²) in [5, 5.41) is 0.754. The van der Waals surface area contributed by atoms with E-state index in [1.54, 1.807) is 18.4 Å². The van der Waals surface area contributed by atoms with E-state index in [4.69, 9.17) is 14.5 Å². The number of aromatic nitrogens is 1. The predicted molar refractivity (Wildman–Crippen MR) is 122 cm³/mol. The Hall–Kier alpha value is -2.44. The number of thiazole rings is 1. The highest BCUT2D eigenvalue weighted by molar-refractivity contribution is 7.22. The van der Waals surface area contributed by atoms with E-state index in [-0.39, 0.29) is 12.0 Å². The average Bonchev–Trinajstić information content (AvgIpc) is 3.40. The van der Waals surface area contributed by atoms with Crippen LogP contribution in [0.3, 0.4) is 0 Å². The van der Waals surface area contributed by atoms with E-state index in [1.807, 2.05) is 30.0 Å². The predicted octanol–water partition coefficient (Wildman–Crippen LogP) is 4.93. The zero-order chi connectivity index (χ0) is 21.1. The third-order valence-corrected chi connectivity index (χ3v) is 6.65. The molecule has 2 heterocycles. The van der Waals surface area contributed by atoms with Gasteiger partial charge in [0.05, 0.1) is 36.4 Å². The van der Waals surface area contributed by atoms with Gasteiger partial charge in [0.15, 0.2) is 5.13 Å². The Morgan fingerprint density at radius 1 is 1.27 bits per heavy atom. The van der Waals surface area contributed by atoms with Gasteiger partial charge in [0.25, 0.3) is 0 Å². The number of nitrogens with zero attached hydrogens (tertiary/aromatic N) is 2. The van der Waals surface area contributed by atoms with Crippen LogP contribution in [0.4, 0.5) is 5.13 Å². The van der Waals surface area contributed by atoms with Crippen LogP contribution in [0.2, 0.25) is 0 Å². The van der Waals surface area contributed by atoms with Gasteiger partial charge in [-0.25, -0.2) is 4.98 Å². The molecule has 5 nitrogen and oxygen atoms in total. The zero-order valence-corrected chi connectivity index (χ0v) is 18.6. The van der Waals surface area contributed by atoms with Crippen molar-refractivity contribution in [2.75, 3.05) is 25.2 Å². The van der Waals surface area contributed by atoms with Crippen molar-refractivity contribution in [2.45, 2.75) is 45.6 Å². The number of carbonyl (C=O) groups excluding carboxylic acids is 1. The minimum absolute atomic E-state index is 0.0461. The minimum atomic E-state index is 0.0461. The molecule has 1 aromatic heterocycles. The number of carbonyl (C=O) groups is 1. The summed E-state index contributed by atoms with van der Waals surface area (Å²) in [4.78, 5) is 20.0. The lowest BCUT2D eigenvalue weighted by Crippen LogP contribution is -2.38. The number of rotatable bonds is 7. The molecule has 30 heavy (non-hydrogen) atoms. The van der Waals surface area contributed by atoms with E-state index in [9.17, 15) is 4.79 Å². The first kappa shape index (κ1) is 20.8. The molecule has 2 aromatic carbocycles. The van der Waals surface area contributed by atoms with E-state index in [2.05, 4.69) is 25.1 Å². The minimum Gasteiger partial charge on any atom is -0.496 e. The van der Waals surface area contributed by atoms with Gasteiger partial charge in [-0.15, -0.1) is 0 Å². The molecule has 3 aromatic rings. The first-order valence-electron chi connectivity index (χ1n) is 10.5. The molecule has 1 unspecified atom stereocenters. The van der Waals surface area contributed by atoms with Crippen LogP contribution in [0.15, 0.2) is 36.4 Å². The largest absolute Gasteiger partial charge is 0.496 e. The fourth-order valence-electron chi connectivity index (χ4n) is 3.89. The van der Waals surface area contributed by atoms with Crippen LogP contribution in [-0.4, -0.2) is 37.3 Å². The first-order valence-corrected chi connectivity index (χ1v) is 11.3. The molecule has 0 aliphatic carbocycles. The van der Waals surface area contributed by atoms with Crippen LogP contribution in [0.5, 0.6) is 5.75 Å². The van der Waals surface area contributed by atoms with Gasteiger partial charge in [-0.1, -0.05) is 36.5 Å². The van der Waals surface area contributed by atoms with Crippen molar-refractivity contribution in [1.29, 1.82) is 0 Å². The Balaban J connectivity index is 1.61. The summed E-state index contributed by atoms with van der Waals surface area (Å²) in [7, 11) is 1.66. The number of hydrogen-bond donors (Lipinski definition) is 0. The molecule has 0 radical (unpaired) electrons. The number of ether oxygens (including phenoxy) is 2. The van der Waals surface area contributed by atoms with Crippen LogP contribution in [-0.2, 0) is 22.4 Å². The van der Waals surface area contributed by atoms with Crippen LogP contribution in [0.25, 0.3) is 10.2 Å². The summed E-state index contributed by atoms with van der Waals surface area (Å²) in [5.74, 6) is 0.880. The monoisotopic (exact) mass is 424 g/mol. The first-order chi connectivity index (χ1) is 14.6. The highest BCUT2D eigenvalue weighted by atomic mass is 32.1. The van der Waals surface area contributed by atoms with Crippen molar-refractivity contribution >= 4 is 32.6 Å². The topological polar surface area (TPSA) is 51.7 Å². The summed E-state index contributed by atoms with van der Waals surface area (Å²) in [6.45, 7) is 5.46. The summed E-state index contributed by atoms with van der Waals surface area (Å²) in [6, 6.07) is 12.2. The molecule has 1 amide bonds. The van der Waals surface area contributed by atoms with Gasteiger partial charge < -0.3 is 9.47 Å². The maximum atomic E-state index is 13.4. The van der Waals surface area contributed by atoms with Crippen LogP contribution in [0, 0.1) is 6.92 Å². The van der Waals surface area contributed by atoms with Crippen molar-refractivity contribution < 1.29 is 14.3 Å². The van der Waals surface area contributed by atoms with Gasteiger partial charge in [0.2, 0.25) is 5.91 Å². The Bertz CT molecular complexity index is 1040. The molecule has 4 rings (SSSR count). The molecule has 0 saturated carbocycles. The molecule has 0 spiro atoms. The Kier molecular flexibility index (Phi) is 6.35. The summed E-state index contributed by atoms with van der Waals surface area (Å²) >= 11 is 1.58. The smallest absolute Gasteiger partial charge is 0.233 e. The van der Waals surface area contributed by atoms with Crippen molar-refractivity contribution in [3.8, 4) is 5.75 Å². The zero-order valence-electron chi connectivity index (χ0n) is 17.8. The normalized spacial score (nSPS) is 16.2. The number of aryl methyl sites for hydroxylation is 2. The van der Waals surface area contributed by atoms with Gasteiger partial charge >= 0.3 is 0 Å². The van der Waals surface area contributed by atoms with E-state index < -0.39 is 0 Å². The van der Waals surface area contributed by atoms with E-state index >= 15 is 0 Å². The molecule has 1 saturated heterocycles. The standard InChI is InChI=1S/C24H28N2O3S/c1-4-17-7-9-20-22(13-17)30-24(25-20)26(15-19-6-5-11-29-19)23(27)14-18-8-10-21(28-3)16(2)12-18/h7-10,12-13,19H,4-6,11,14-15H2,1-3H3. The molecule has 0 N–H and O–H groups in total. The molecular formula is C24H28N2O3S. The summed E-state index contributed by atoms with van der Waals surface area (Å²) < 4.78 is 12.3. The lowest BCUT2D eigenvalue weighted by atomic mass is 10.1. The molecule has 6 heteroatoms. The quantitative estimate of drug-likeness (QED) is 0.540. The molecule has 1 aliphatic rings. The van der Waals surface area contributed by atoms with Crippen molar-refractivity contribution in [1.82, 2.24) is 4.98 Å². The Morgan fingerprint density at radius 3 is 2.80 bits per heavy atom. The van der Waals surface area contributed by atoms with Crippen molar-refractivity contribution in [2.24, 2.45) is 0 Å². The third-order valence-electron chi connectivity index (χ3n) is 5.61. The number of amides is 1. The number of methoxy groups -OCH3 is 1. The number of benzene rings is 2. The highest BCUT2D eigenvalue weighted by Crippen LogP contribution is 2.31. The van der Waals surface area contributed by atoms with Gasteiger partial charge in [0.1, 0.15) is 5.75 Å². The maximum Gasteiger partial charge on any atom is 0.233 e. The second-order valence-electron chi connectivity index (χ2n) is 7.77. The Labute approximate surface area is 181 Å². The summed E-state index contributed by atoms with van der Waals surface area (Å²) in [6.07, 6.45) is 3.41. The van der Waals surface area contributed by atoms with E-state index in [1.165, 1.54) is 5.56 Å². The molecule has 1 aliphatic heterocycles. The van der Waals surface area contributed by atoms with Gasteiger partial charge in [-0.3, -0.25) is 9.69 Å². The average molecular weight is 425 g/mol. The SMILES string of the molecule is CCc1ccc2nc(N(CC3CCCO3)C(=O)Cc3ccc(OC)c(C)c3)sc2c1. The van der Waals surface area contributed by atoms with Crippen LogP contribution in [0.1, 0.15) is 36.5 Å². The maximum absolute atomic E-state index is 13.4. The third kappa shape index (κ3) is 4.50. The van der Waals surface area contributed by atoms with Crippen molar-refractivity contribution in [3.05, 3.63) is 53.1 Å². The second-order valence-corrected chi connectivity index (χ2v) is 8.78. The summed E-state index contributed by atoms with van der Waals surface area (Å²) in [5.41, 5.74) is 4.23. The van der Waals surface area contributed by atoms with Crippen molar-refractivity contribution in [3.63, 3.8) is 0 Å². The van der Waals surface area contributed by atoms with Gasteiger partial charge in [-0.05, 0) is 61.1 Å². The highest BCUT2D eigenvalue weighted by Gasteiger charge is 2.26.